The van der Waals surface area contributed by atoms with Crippen molar-refractivity contribution in [3.63, 3.8) is 0 Å². The number of nitrogens with one attached hydrogen (secondary N) is 3. The van der Waals surface area contributed by atoms with Gasteiger partial charge >= 0.3 is 11.8 Å². The van der Waals surface area contributed by atoms with E-state index in [4.69, 9.17) is 0 Å². The first-order valence-corrected chi connectivity index (χ1v) is 11.8. The van der Waals surface area contributed by atoms with Crippen molar-refractivity contribution in [1.29, 1.82) is 0 Å². The number of aromatic nitrogens is 1. The van der Waals surface area contributed by atoms with Crippen molar-refractivity contribution in [1.82, 2.24) is 20.9 Å². The monoisotopic (exact) mass is 458 g/mol. The number of aryl methyl sites for hydroxylation is 1. The van der Waals surface area contributed by atoms with Gasteiger partial charge in [-0.3, -0.25) is 9.59 Å². The lowest BCUT2D eigenvalue weighted by Gasteiger charge is -2.30. The molecule has 1 aromatic heterocycles. The van der Waals surface area contributed by atoms with Crippen LogP contribution in [0.2, 0.25) is 0 Å². The standard InChI is InChI=1S/C21H34N4O3S.ClH/c1-14-17(11-13-26)29-21(23-14)18(16-10-6-7-12-22-16)25-20(28)19(27)24-15-8-4-2-3-5-9-15;/h15-16,18,22,26H,2-13H2,1H3,(H,24,27)(H,25,28);1H. The lowest BCUT2D eigenvalue weighted by atomic mass is 9.98. The summed E-state index contributed by atoms with van der Waals surface area (Å²) in [5, 5.41) is 19.5. The molecule has 2 aliphatic rings. The molecule has 1 saturated carbocycles. The lowest BCUT2D eigenvalue weighted by Crippen LogP contribution is -2.50. The van der Waals surface area contributed by atoms with Gasteiger partial charge in [-0.15, -0.1) is 23.7 Å². The first-order chi connectivity index (χ1) is 14.1. The van der Waals surface area contributed by atoms with Gasteiger partial charge in [0.15, 0.2) is 0 Å². The fourth-order valence-corrected chi connectivity index (χ4v) is 5.47. The molecule has 9 heteroatoms. The first-order valence-electron chi connectivity index (χ1n) is 11.0. The summed E-state index contributed by atoms with van der Waals surface area (Å²) < 4.78 is 0. The molecule has 2 unspecified atom stereocenters. The van der Waals surface area contributed by atoms with Crippen molar-refractivity contribution in [3.8, 4) is 0 Å². The van der Waals surface area contributed by atoms with Gasteiger partial charge in [0.25, 0.3) is 0 Å². The summed E-state index contributed by atoms with van der Waals surface area (Å²) in [5.74, 6) is -1.12. The van der Waals surface area contributed by atoms with Crippen LogP contribution < -0.4 is 16.0 Å². The van der Waals surface area contributed by atoms with Gasteiger partial charge < -0.3 is 21.1 Å². The highest BCUT2D eigenvalue weighted by atomic mass is 35.5. The van der Waals surface area contributed by atoms with Crippen LogP contribution in [0.25, 0.3) is 0 Å². The molecule has 1 aliphatic heterocycles. The zero-order valence-electron chi connectivity index (χ0n) is 17.7. The average molecular weight is 459 g/mol. The Morgan fingerprint density at radius 2 is 1.83 bits per heavy atom. The largest absolute Gasteiger partial charge is 0.396 e. The maximum absolute atomic E-state index is 12.7. The Hall–Kier alpha value is -1.22. The normalized spacial score (nSPS) is 21.2. The minimum atomic E-state index is -0.580. The van der Waals surface area contributed by atoms with Gasteiger partial charge in [0.05, 0.1) is 11.7 Å². The number of halogens is 1. The quantitative estimate of drug-likeness (QED) is 0.387. The van der Waals surface area contributed by atoms with Crippen LogP contribution in [0, 0.1) is 6.92 Å². The summed E-state index contributed by atoms with van der Waals surface area (Å²) in [4.78, 5) is 31.0. The molecule has 0 spiro atoms. The van der Waals surface area contributed by atoms with Crippen molar-refractivity contribution < 1.29 is 14.7 Å². The predicted molar refractivity (Wildman–Crippen MR) is 121 cm³/mol. The second-order valence-corrected chi connectivity index (χ2v) is 9.32. The molecule has 2 amide bonds. The van der Waals surface area contributed by atoms with Crippen LogP contribution in [0.3, 0.4) is 0 Å². The molecule has 0 aromatic carbocycles. The van der Waals surface area contributed by atoms with Gasteiger partial charge in [0, 0.05) is 30.0 Å². The molecular formula is C21H35ClN4O3S. The molecule has 170 valence electrons. The average Bonchev–Trinajstić information content (AvgIpc) is 2.92. The second kappa shape index (κ2) is 12.6. The number of hydrogen-bond donors (Lipinski definition) is 4. The first kappa shape index (κ1) is 25.0. The fraction of sp³-hybridized carbons (Fsp3) is 0.762. The number of aliphatic hydroxyl groups is 1. The molecule has 2 heterocycles. The van der Waals surface area contributed by atoms with E-state index in [2.05, 4.69) is 20.9 Å². The Balaban J connectivity index is 0.00000320. The third-order valence-corrected chi connectivity index (χ3v) is 7.25. The van der Waals surface area contributed by atoms with Gasteiger partial charge in [-0.25, -0.2) is 4.98 Å². The Labute approximate surface area is 189 Å². The van der Waals surface area contributed by atoms with E-state index in [0.717, 1.165) is 67.1 Å². The molecule has 3 rings (SSSR count). The predicted octanol–water partition coefficient (Wildman–Crippen LogP) is 2.55. The summed E-state index contributed by atoms with van der Waals surface area (Å²) in [5.41, 5.74) is 0.886. The van der Waals surface area contributed by atoms with Gasteiger partial charge in [-0.1, -0.05) is 32.1 Å². The van der Waals surface area contributed by atoms with Crippen molar-refractivity contribution >= 4 is 35.6 Å². The van der Waals surface area contributed by atoms with Crippen LogP contribution in [-0.4, -0.2) is 47.1 Å². The number of aliphatic hydroxyl groups excluding tert-OH is 1. The fourth-order valence-electron chi connectivity index (χ4n) is 4.30. The summed E-state index contributed by atoms with van der Waals surface area (Å²) in [6.07, 6.45) is 10.2. The van der Waals surface area contributed by atoms with E-state index in [9.17, 15) is 14.7 Å². The topological polar surface area (TPSA) is 103 Å². The number of carbonyl (C=O) groups excluding carboxylic acids is 2. The number of carbonyl (C=O) groups is 2. The zero-order chi connectivity index (χ0) is 20.6. The lowest BCUT2D eigenvalue weighted by molar-refractivity contribution is -0.140. The summed E-state index contributed by atoms with van der Waals surface area (Å²) in [6, 6.07) is -0.176. The molecule has 2 atom stereocenters. The number of amides is 2. The number of rotatable bonds is 6. The van der Waals surface area contributed by atoms with Gasteiger partial charge in [-0.2, -0.15) is 0 Å². The highest BCUT2D eigenvalue weighted by molar-refractivity contribution is 7.11. The van der Waals surface area contributed by atoms with E-state index >= 15 is 0 Å². The molecule has 0 bridgehead atoms. The van der Waals surface area contributed by atoms with Gasteiger partial charge in [-0.05, 0) is 39.2 Å². The van der Waals surface area contributed by atoms with E-state index in [1.807, 2.05) is 6.92 Å². The molecule has 1 aliphatic carbocycles. The molecule has 1 aromatic rings. The minimum Gasteiger partial charge on any atom is -0.396 e. The summed E-state index contributed by atoms with van der Waals surface area (Å²) >= 11 is 1.52. The van der Waals surface area contributed by atoms with Crippen LogP contribution >= 0.6 is 23.7 Å². The van der Waals surface area contributed by atoms with E-state index in [-0.39, 0.29) is 37.1 Å². The van der Waals surface area contributed by atoms with Crippen molar-refractivity contribution in [2.75, 3.05) is 13.2 Å². The minimum absolute atomic E-state index is 0. The highest BCUT2D eigenvalue weighted by Crippen LogP contribution is 2.29. The Morgan fingerprint density at radius 3 is 2.47 bits per heavy atom. The molecule has 4 N–H and O–H groups in total. The number of nitrogens with zero attached hydrogens (tertiary/aromatic N) is 1. The Morgan fingerprint density at radius 1 is 1.13 bits per heavy atom. The molecule has 1 saturated heterocycles. The molecule has 2 fully saturated rings. The zero-order valence-corrected chi connectivity index (χ0v) is 19.4. The van der Waals surface area contributed by atoms with Crippen molar-refractivity contribution in [2.24, 2.45) is 0 Å². The number of thiazole rings is 1. The van der Waals surface area contributed by atoms with Crippen LogP contribution in [0.1, 0.15) is 79.4 Å². The third kappa shape index (κ3) is 6.90. The second-order valence-electron chi connectivity index (χ2n) is 8.20. The summed E-state index contributed by atoms with van der Waals surface area (Å²) in [7, 11) is 0. The van der Waals surface area contributed by atoms with Gasteiger partial charge in [0.2, 0.25) is 0 Å². The highest BCUT2D eigenvalue weighted by Gasteiger charge is 2.31. The Bertz CT molecular complexity index is 686. The van der Waals surface area contributed by atoms with E-state index < -0.39 is 11.8 Å². The molecule has 30 heavy (non-hydrogen) atoms. The van der Waals surface area contributed by atoms with Crippen LogP contribution in [0.5, 0.6) is 0 Å². The van der Waals surface area contributed by atoms with Crippen molar-refractivity contribution in [3.05, 3.63) is 15.6 Å². The number of piperidine rings is 1. The van der Waals surface area contributed by atoms with Crippen molar-refractivity contribution in [2.45, 2.75) is 89.3 Å². The molecular weight excluding hydrogens is 424 g/mol. The van der Waals surface area contributed by atoms with Gasteiger partial charge in [0.1, 0.15) is 5.01 Å². The van der Waals surface area contributed by atoms with E-state index in [1.165, 1.54) is 24.2 Å². The SMILES string of the molecule is Cc1nc(C(NC(=O)C(=O)NC2CCCCCC2)C2CCCCN2)sc1CCO.Cl. The smallest absolute Gasteiger partial charge is 0.309 e. The maximum atomic E-state index is 12.7. The van der Waals surface area contributed by atoms with Crippen LogP contribution in [0.4, 0.5) is 0 Å². The molecule has 7 nitrogen and oxygen atoms in total. The Kier molecular flexibility index (Phi) is 10.5. The third-order valence-electron chi connectivity index (χ3n) is 5.95. The van der Waals surface area contributed by atoms with E-state index in [1.54, 1.807) is 0 Å². The number of hydrogen-bond acceptors (Lipinski definition) is 6. The molecule has 0 radical (unpaired) electrons. The summed E-state index contributed by atoms with van der Waals surface area (Å²) in [6.45, 7) is 2.90. The maximum Gasteiger partial charge on any atom is 0.309 e. The van der Waals surface area contributed by atoms with Crippen LogP contribution in [0.15, 0.2) is 0 Å². The van der Waals surface area contributed by atoms with Crippen LogP contribution in [-0.2, 0) is 16.0 Å². The van der Waals surface area contributed by atoms with E-state index in [0.29, 0.717) is 6.42 Å².